The van der Waals surface area contributed by atoms with Crippen molar-refractivity contribution in [1.82, 2.24) is 15.0 Å². The molecule has 2 heterocycles. The van der Waals surface area contributed by atoms with Crippen LogP contribution in [0.25, 0.3) is 11.2 Å². The zero-order valence-corrected chi connectivity index (χ0v) is 10.1. The normalized spacial score (nSPS) is 10.5. The summed E-state index contributed by atoms with van der Waals surface area (Å²) in [7, 11) is 0. The quantitative estimate of drug-likeness (QED) is 0.748. The molecule has 3 aromatic rings. The molecule has 0 saturated heterocycles. The fraction of sp³-hybridized carbons (Fsp3) is 0.0714. The van der Waals surface area contributed by atoms with Gasteiger partial charge in [0.1, 0.15) is 17.1 Å². The number of nitrogens with one attached hydrogen (secondary N) is 1. The van der Waals surface area contributed by atoms with E-state index < -0.39 is 0 Å². The minimum absolute atomic E-state index is 0.274. The third-order valence-corrected chi connectivity index (χ3v) is 2.78. The van der Waals surface area contributed by atoms with Crippen molar-refractivity contribution in [3.63, 3.8) is 0 Å². The number of anilines is 1. The first-order valence-corrected chi connectivity index (χ1v) is 5.91. The van der Waals surface area contributed by atoms with Gasteiger partial charge in [-0.2, -0.15) is 0 Å². The number of hydrogen-bond donors (Lipinski definition) is 2. The van der Waals surface area contributed by atoms with Crippen molar-refractivity contribution >= 4 is 17.0 Å². The number of aromatic hydroxyl groups is 1. The van der Waals surface area contributed by atoms with Gasteiger partial charge in [0.05, 0.1) is 0 Å². The third-order valence-electron chi connectivity index (χ3n) is 2.78. The lowest BCUT2D eigenvalue weighted by Crippen LogP contribution is -2.02. The second kappa shape index (κ2) is 4.89. The predicted octanol–water partition coefficient (Wildman–Crippen LogP) is 2.34. The standard InChI is InChI=1S/C14H12N4O/c19-12-4-2-1-3-10(12)9-17-13-6-5-11-14(18-13)16-8-7-15-11/h1-8,19H,9H2,(H,16,17,18). The topological polar surface area (TPSA) is 70.9 Å². The van der Waals surface area contributed by atoms with Crippen LogP contribution in [0, 0.1) is 0 Å². The van der Waals surface area contributed by atoms with Crippen LogP contribution in [0.2, 0.25) is 0 Å². The van der Waals surface area contributed by atoms with Crippen molar-refractivity contribution in [3.05, 3.63) is 54.4 Å². The minimum atomic E-state index is 0.274. The molecule has 19 heavy (non-hydrogen) atoms. The van der Waals surface area contributed by atoms with Gasteiger partial charge in [0.15, 0.2) is 5.65 Å². The highest BCUT2D eigenvalue weighted by atomic mass is 16.3. The van der Waals surface area contributed by atoms with Crippen molar-refractivity contribution in [2.45, 2.75) is 6.54 Å². The maximum Gasteiger partial charge on any atom is 0.180 e. The molecule has 0 amide bonds. The van der Waals surface area contributed by atoms with Crippen LogP contribution in [0.1, 0.15) is 5.56 Å². The molecule has 0 unspecified atom stereocenters. The molecule has 0 fully saturated rings. The molecule has 0 aliphatic carbocycles. The van der Waals surface area contributed by atoms with E-state index in [1.807, 2.05) is 24.3 Å². The van der Waals surface area contributed by atoms with Gasteiger partial charge in [-0.3, -0.25) is 4.98 Å². The van der Waals surface area contributed by atoms with Crippen LogP contribution in [-0.4, -0.2) is 20.1 Å². The smallest absolute Gasteiger partial charge is 0.180 e. The van der Waals surface area contributed by atoms with Crippen molar-refractivity contribution in [2.75, 3.05) is 5.32 Å². The second-order valence-corrected chi connectivity index (χ2v) is 4.08. The Balaban J connectivity index is 1.80. The molecule has 5 heteroatoms. The Morgan fingerprint density at radius 1 is 1.00 bits per heavy atom. The Hall–Kier alpha value is -2.69. The van der Waals surface area contributed by atoms with E-state index in [0.29, 0.717) is 18.0 Å². The largest absolute Gasteiger partial charge is 0.508 e. The summed E-state index contributed by atoms with van der Waals surface area (Å²) in [5.74, 6) is 0.979. The number of fused-ring (bicyclic) bond motifs is 1. The van der Waals surface area contributed by atoms with Crippen LogP contribution >= 0.6 is 0 Å². The highest BCUT2D eigenvalue weighted by Gasteiger charge is 2.02. The van der Waals surface area contributed by atoms with Crippen molar-refractivity contribution < 1.29 is 5.11 Å². The molecule has 94 valence electrons. The molecule has 3 rings (SSSR count). The Morgan fingerprint density at radius 2 is 1.84 bits per heavy atom. The number of nitrogens with zero attached hydrogens (tertiary/aromatic N) is 3. The highest BCUT2D eigenvalue weighted by Crippen LogP contribution is 2.17. The summed E-state index contributed by atoms with van der Waals surface area (Å²) in [5.41, 5.74) is 2.18. The number of pyridine rings is 1. The molecule has 0 radical (unpaired) electrons. The molecule has 2 aromatic heterocycles. The number of hydrogen-bond acceptors (Lipinski definition) is 5. The lowest BCUT2D eigenvalue weighted by molar-refractivity contribution is 0.469. The molecular weight excluding hydrogens is 240 g/mol. The maximum absolute atomic E-state index is 9.68. The number of para-hydroxylation sites is 1. The number of benzene rings is 1. The van der Waals surface area contributed by atoms with E-state index in [0.717, 1.165) is 11.1 Å². The molecule has 0 aliphatic heterocycles. The summed E-state index contributed by atoms with van der Waals surface area (Å²) < 4.78 is 0. The van der Waals surface area contributed by atoms with Crippen LogP contribution in [0.15, 0.2) is 48.8 Å². The van der Waals surface area contributed by atoms with E-state index in [2.05, 4.69) is 20.3 Å². The van der Waals surface area contributed by atoms with E-state index in [1.54, 1.807) is 24.5 Å². The Kier molecular flexibility index (Phi) is 2.94. The zero-order chi connectivity index (χ0) is 13.1. The number of phenols is 1. The summed E-state index contributed by atoms with van der Waals surface area (Å²) in [5, 5.41) is 12.8. The molecule has 1 aromatic carbocycles. The van der Waals surface area contributed by atoms with Crippen molar-refractivity contribution in [1.29, 1.82) is 0 Å². The van der Waals surface area contributed by atoms with Crippen LogP contribution in [-0.2, 0) is 6.54 Å². The third kappa shape index (κ3) is 2.44. The highest BCUT2D eigenvalue weighted by molar-refractivity contribution is 5.71. The summed E-state index contributed by atoms with van der Waals surface area (Å²) in [6.07, 6.45) is 3.25. The van der Waals surface area contributed by atoms with Crippen molar-refractivity contribution in [2.24, 2.45) is 0 Å². The van der Waals surface area contributed by atoms with Gasteiger partial charge in [-0.15, -0.1) is 0 Å². The Bertz CT molecular complexity index is 714. The number of rotatable bonds is 3. The van der Waals surface area contributed by atoms with E-state index in [1.165, 1.54) is 0 Å². The van der Waals surface area contributed by atoms with E-state index in [-0.39, 0.29) is 5.75 Å². The fourth-order valence-corrected chi connectivity index (χ4v) is 1.80. The maximum atomic E-state index is 9.68. The SMILES string of the molecule is Oc1ccccc1CNc1ccc2nccnc2n1. The fourth-order valence-electron chi connectivity index (χ4n) is 1.80. The first kappa shape index (κ1) is 11.4. The second-order valence-electron chi connectivity index (χ2n) is 4.08. The Labute approximate surface area is 110 Å². The molecule has 0 aliphatic rings. The molecule has 2 N–H and O–H groups in total. The van der Waals surface area contributed by atoms with E-state index in [4.69, 9.17) is 0 Å². The number of aromatic nitrogens is 3. The van der Waals surface area contributed by atoms with Crippen molar-refractivity contribution in [3.8, 4) is 5.75 Å². The van der Waals surface area contributed by atoms with Crippen LogP contribution in [0.4, 0.5) is 5.82 Å². The summed E-state index contributed by atoms with van der Waals surface area (Å²) in [6.45, 7) is 0.505. The summed E-state index contributed by atoms with van der Waals surface area (Å²) >= 11 is 0. The van der Waals surface area contributed by atoms with Gasteiger partial charge < -0.3 is 10.4 Å². The molecule has 5 nitrogen and oxygen atoms in total. The number of phenolic OH excluding ortho intramolecular Hbond substituents is 1. The van der Waals surface area contributed by atoms with Crippen LogP contribution in [0.5, 0.6) is 5.75 Å². The van der Waals surface area contributed by atoms with Crippen LogP contribution in [0.3, 0.4) is 0 Å². The van der Waals surface area contributed by atoms with Gasteiger partial charge in [-0.25, -0.2) is 9.97 Å². The van der Waals surface area contributed by atoms with E-state index >= 15 is 0 Å². The van der Waals surface area contributed by atoms with Gasteiger partial charge in [0.25, 0.3) is 0 Å². The van der Waals surface area contributed by atoms with Gasteiger partial charge in [0, 0.05) is 24.5 Å². The molecule has 0 spiro atoms. The van der Waals surface area contributed by atoms with Crippen LogP contribution < -0.4 is 5.32 Å². The summed E-state index contributed by atoms with van der Waals surface area (Å²) in [4.78, 5) is 12.7. The van der Waals surface area contributed by atoms with Gasteiger partial charge in [-0.1, -0.05) is 18.2 Å². The average Bonchev–Trinajstić information content (AvgIpc) is 2.46. The molecule has 0 saturated carbocycles. The lowest BCUT2D eigenvalue weighted by Gasteiger charge is -2.07. The van der Waals surface area contributed by atoms with Gasteiger partial charge >= 0.3 is 0 Å². The average molecular weight is 252 g/mol. The predicted molar refractivity (Wildman–Crippen MR) is 72.8 cm³/mol. The monoisotopic (exact) mass is 252 g/mol. The zero-order valence-electron chi connectivity index (χ0n) is 10.1. The first-order valence-electron chi connectivity index (χ1n) is 5.91. The van der Waals surface area contributed by atoms with Gasteiger partial charge in [0.2, 0.25) is 0 Å². The van der Waals surface area contributed by atoms with E-state index in [9.17, 15) is 5.11 Å². The lowest BCUT2D eigenvalue weighted by atomic mass is 10.2. The molecule has 0 atom stereocenters. The van der Waals surface area contributed by atoms with Gasteiger partial charge in [-0.05, 0) is 18.2 Å². The summed E-state index contributed by atoms with van der Waals surface area (Å²) in [6, 6.07) is 10.9. The first-order chi connectivity index (χ1) is 9.33. The minimum Gasteiger partial charge on any atom is -0.508 e. The molecular formula is C14H12N4O. The Morgan fingerprint density at radius 3 is 2.74 bits per heavy atom. The molecule has 0 bridgehead atoms.